The molecule has 1 heterocycles. The number of aromatic carboxylic acids is 1. The van der Waals surface area contributed by atoms with Gasteiger partial charge in [0.2, 0.25) is 0 Å². The summed E-state index contributed by atoms with van der Waals surface area (Å²) < 4.78 is 0. The molecule has 0 aliphatic carbocycles. The second-order valence-electron chi connectivity index (χ2n) is 5.71. The zero-order valence-corrected chi connectivity index (χ0v) is 13.0. The maximum Gasteiger partial charge on any atom is 0.335 e. The van der Waals surface area contributed by atoms with Crippen LogP contribution in [0.25, 0.3) is 0 Å². The minimum absolute atomic E-state index is 0.0635. The predicted octanol–water partition coefficient (Wildman–Crippen LogP) is 2.31. The average Bonchev–Trinajstić information content (AvgIpc) is 3.11. The Balaban J connectivity index is 1.71. The first-order valence-electron chi connectivity index (χ1n) is 7.75. The highest BCUT2D eigenvalue weighted by molar-refractivity contribution is 6.05. The van der Waals surface area contributed by atoms with E-state index < -0.39 is 17.6 Å². The van der Waals surface area contributed by atoms with E-state index in [0.29, 0.717) is 5.56 Å². The molecular formula is C18H17N2O4-. The standard InChI is InChI=1S/C18H18N2O4/c21-16-11-13(18(23)24)5-8-15(16)19-17(22)12-3-6-14(7-4-12)20-9-1-2-10-20/h3-8,11,21H,1-2,9-10H2,(H,19,22)(H,23,24)/p-1. The van der Waals surface area contributed by atoms with Gasteiger partial charge in [0.15, 0.2) is 0 Å². The number of hydrogen-bond donors (Lipinski definition) is 2. The third-order valence-corrected chi connectivity index (χ3v) is 4.08. The fraction of sp³-hybridized carbons (Fsp3) is 0.222. The van der Waals surface area contributed by atoms with Crippen LogP contribution in [0.15, 0.2) is 42.5 Å². The van der Waals surface area contributed by atoms with Crippen molar-refractivity contribution in [2.75, 3.05) is 23.3 Å². The van der Waals surface area contributed by atoms with Gasteiger partial charge in [-0.25, -0.2) is 4.79 Å². The van der Waals surface area contributed by atoms with Crippen LogP contribution in [0.4, 0.5) is 11.4 Å². The lowest BCUT2D eigenvalue weighted by Gasteiger charge is -2.18. The van der Waals surface area contributed by atoms with E-state index in [1.807, 2.05) is 12.1 Å². The van der Waals surface area contributed by atoms with Crippen LogP contribution in [0, 0.1) is 0 Å². The molecule has 0 saturated carbocycles. The Kier molecular flexibility index (Phi) is 4.37. The van der Waals surface area contributed by atoms with Crippen molar-refractivity contribution in [3.8, 4) is 5.75 Å². The number of amides is 1. The SMILES string of the molecule is O=C(O)c1ccc(NC(=O)c2ccc(N3CCCC3)cc2)c([O-])c1. The molecule has 0 spiro atoms. The summed E-state index contributed by atoms with van der Waals surface area (Å²) >= 11 is 0. The molecular weight excluding hydrogens is 308 g/mol. The molecule has 0 bridgehead atoms. The molecule has 1 aliphatic rings. The fourth-order valence-corrected chi connectivity index (χ4v) is 2.75. The maximum absolute atomic E-state index is 12.2. The van der Waals surface area contributed by atoms with Crippen molar-refractivity contribution in [3.63, 3.8) is 0 Å². The molecule has 0 unspecified atom stereocenters. The Bertz CT molecular complexity index is 765. The minimum atomic E-state index is -1.18. The highest BCUT2D eigenvalue weighted by atomic mass is 16.4. The summed E-state index contributed by atoms with van der Waals surface area (Å²) in [5, 5.41) is 23.2. The van der Waals surface area contributed by atoms with Gasteiger partial charge in [0.1, 0.15) is 0 Å². The topological polar surface area (TPSA) is 92.7 Å². The molecule has 1 amide bonds. The molecule has 1 aliphatic heterocycles. The normalized spacial score (nSPS) is 13.8. The Morgan fingerprint density at radius 3 is 2.21 bits per heavy atom. The van der Waals surface area contributed by atoms with E-state index in [4.69, 9.17) is 5.11 Å². The molecule has 6 nitrogen and oxygen atoms in total. The lowest BCUT2D eigenvalue weighted by atomic mass is 10.1. The van der Waals surface area contributed by atoms with Crippen molar-refractivity contribution < 1.29 is 19.8 Å². The van der Waals surface area contributed by atoms with Gasteiger partial charge in [0.05, 0.1) is 5.56 Å². The Hall–Kier alpha value is -3.02. The van der Waals surface area contributed by atoms with Gasteiger partial charge in [0, 0.05) is 30.0 Å². The molecule has 6 heteroatoms. The van der Waals surface area contributed by atoms with Crippen molar-refractivity contribution in [1.29, 1.82) is 0 Å². The van der Waals surface area contributed by atoms with E-state index in [1.54, 1.807) is 12.1 Å². The number of nitrogens with zero attached hydrogens (tertiary/aromatic N) is 1. The number of nitrogens with one attached hydrogen (secondary N) is 1. The van der Waals surface area contributed by atoms with E-state index in [2.05, 4.69) is 10.2 Å². The van der Waals surface area contributed by atoms with Gasteiger partial charge >= 0.3 is 5.97 Å². The molecule has 0 aromatic heterocycles. The first kappa shape index (κ1) is 15.9. The van der Waals surface area contributed by atoms with Crippen molar-refractivity contribution in [2.45, 2.75) is 12.8 Å². The summed E-state index contributed by atoms with van der Waals surface area (Å²) in [5.74, 6) is -2.11. The Labute approximate surface area is 139 Å². The molecule has 2 N–H and O–H groups in total. The maximum atomic E-state index is 12.2. The average molecular weight is 325 g/mol. The molecule has 3 rings (SSSR count). The van der Waals surface area contributed by atoms with Crippen LogP contribution >= 0.6 is 0 Å². The number of carbonyl (C=O) groups excluding carboxylic acids is 1. The van der Waals surface area contributed by atoms with E-state index in [0.717, 1.165) is 24.8 Å². The highest BCUT2D eigenvalue weighted by Gasteiger charge is 2.13. The first-order valence-corrected chi connectivity index (χ1v) is 7.75. The van der Waals surface area contributed by atoms with Crippen LogP contribution in [0.1, 0.15) is 33.6 Å². The molecule has 124 valence electrons. The molecule has 1 fully saturated rings. The monoisotopic (exact) mass is 325 g/mol. The number of benzene rings is 2. The summed E-state index contributed by atoms with van der Waals surface area (Å²) in [6.45, 7) is 2.06. The Morgan fingerprint density at radius 1 is 1.00 bits per heavy atom. The minimum Gasteiger partial charge on any atom is -0.871 e. The highest BCUT2D eigenvalue weighted by Crippen LogP contribution is 2.24. The van der Waals surface area contributed by atoms with Gasteiger partial charge in [-0.3, -0.25) is 4.79 Å². The largest absolute Gasteiger partial charge is 0.871 e. The lowest BCUT2D eigenvalue weighted by molar-refractivity contribution is -0.267. The smallest absolute Gasteiger partial charge is 0.335 e. The van der Waals surface area contributed by atoms with E-state index in [1.165, 1.54) is 25.0 Å². The van der Waals surface area contributed by atoms with Crippen molar-refractivity contribution >= 4 is 23.3 Å². The third kappa shape index (κ3) is 3.32. The molecule has 0 radical (unpaired) electrons. The van der Waals surface area contributed by atoms with Crippen molar-refractivity contribution in [1.82, 2.24) is 0 Å². The number of carboxylic acid groups (broad SMARTS) is 1. The van der Waals surface area contributed by atoms with Gasteiger partial charge in [-0.2, -0.15) is 0 Å². The fourth-order valence-electron chi connectivity index (χ4n) is 2.75. The number of anilines is 2. The first-order chi connectivity index (χ1) is 11.5. The summed E-state index contributed by atoms with van der Waals surface area (Å²) in [6, 6.07) is 10.8. The van der Waals surface area contributed by atoms with Crippen LogP contribution < -0.4 is 15.3 Å². The summed E-state index contributed by atoms with van der Waals surface area (Å²) in [4.78, 5) is 25.3. The number of rotatable bonds is 4. The van der Waals surface area contributed by atoms with E-state index in [-0.39, 0.29) is 11.3 Å². The molecule has 24 heavy (non-hydrogen) atoms. The predicted molar refractivity (Wildman–Crippen MR) is 88.7 cm³/mol. The second kappa shape index (κ2) is 6.62. The van der Waals surface area contributed by atoms with E-state index in [9.17, 15) is 14.7 Å². The van der Waals surface area contributed by atoms with Crippen LogP contribution in [-0.2, 0) is 0 Å². The zero-order chi connectivity index (χ0) is 17.1. The lowest BCUT2D eigenvalue weighted by Crippen LogP contribution is -2.18. The number of carboxylic acids is 1. The molecule has 0 atom stereocenters. The van der Waals surface area contributed by atoms with Gasteiger partial charge < -0.3 is 20.4 Å². The molecule has 2 aromatic carbocycles. The van der Waals surface area contributed by atoms with Gasteiger partial charge in [-0.15, -0.1) is 0 Å². The number of carbonyl (C=O) groups is 2. The van der Waals surface area contributed by atoms with Crippen molar-refractivity contribution in [3.05, 3.63) is 53.6 Å². The second-order valence-corrected chi connectivity index (χ2v) is 5.71. The van der Waals surface area contributed by atoms with Gasteiger partial charge in [-0.1, -0.05) is 11.8 Å². The van der Waals surface area contributed by atoms with Crippen LogP contribution in [0.2, 0.25) is 0 Å². The van der Waals surface area contributed by atoms with Crippen LogP contribution in [0.3, 0.4) is 0 Å². The zero-order valence-electron chi connectivity index (χ0n) is 13.0. The molecule has 1 saturated heterocycles. The quantitative estimate of drug-likeness (QED) is 0.900. The van der Waals surface area contributed by atoms with Crippen LogP contribution in [0.5, 0.6) is 5.75 Å². The third-order valence-electron chi connectivity index (χ3n) is 4.08. The van der Waals surface area contributed by atoms with Gasteiger partial charge in [-0.05, 0) is 49.2 Å². The summed E-state index contributed by atoms with van der Waals surface area (Å²) in [7, 11) is 0. The Morgan fingerprint density at radius 2 is 1.62 bits per heavy atom. The van der Waals surface area contributed by atoms with Crippen molar-refractivity contribution in [2.24, 2.45) is 0 Å². The molecule has 2 aromatic rings. The van der Waals surface area contributed by atoms with E-state index >= 15 is 0 Å². The summed E-state index contributed by atoms with van der Waals surface area (Å²) in [5.41, 5.74) is 1.49. The van der Waals surface area contributed by atoms with Crippen LogP contribution in [-0.4, -0.2) is 30.1 Å². The van der Waals surface area contributed by atoms with Gasteiger partial charge in [0.25, 0.3) is 5.91 Å². The summed E-state index contributed by atoms with van der Waals surface area (Å²) in [6.07, 6.45) is 2.36. The number of hydrogen-bond acceptors (Lipinski definition) is 4.